The monoisotopic (exact) mass is 301 g/mol. The van der Waals surface area contributed by atoms with Gasteiger partial charge < -0.3 is 19.9 Å². The maximum atomic E-state index is 12.9. The summed E-state index contributed by atoms with van der Waals surface area (Å²) >= 11 is 0. The lowest BCUT2D eigenvalue weighted by molar-refractivity contribution is 0.0380. The fourth-order valence-electron chi connectivity index (χ4n) is 3.40. The Hall–Kier alpha value is -1.85. The molecule has 2 heterocycles. The van der Waals surface area contributed by atoms with E-state index in [1.54, 1.807) is 0 Å². The molecular formula is C17H23N3O2. The van der Waals surface area contributed by atoms with E-state index in [2.05, 4.69) is 9.88 Å². The highest BCUT2D eigenvalue weighted by Crippen LogP contribution is 2.24. The van der Waals surface area contributed by atoms with Crippen LogP contribution >= 0.6 is 0 Å². The molecule has 5 nitrogen and oxygen atoms in total. The lowest BCUT2D eigenvalue weighted by Crippen LogP contribution is -2.53. The van der Waals surface area contributed by atoms with Gasteiger partial charge in [0.1, 0.15) is 0 Å². The number of hydrogen-bond acceptors (Lipinski definition) is 3. The number of nitrogens with one attached hydrogen (secondary N) is 1. The standard InChI is InChI=1S/C17H23N3O2/c1-19(2)16-10-20(9-7-12(16)11-21)17(22)14-4-3-5-15-13(14)6-8-18-15/h3-6,8,12,16,18,21H,7,9-11H2,1-2H3/t12-,16-/m1/s1. The molecule has 2 N–H and O–H groups in total. The van der Waals surface area contributed by atoms with Crippen molar-refractivity contribution in [3.8, 4) is 0 Å². The molecule has 1 aromatic heterocycles. The van der Waals surface area contributed by atoms with E-state index in [0.717, 1.165) is 22.9 Å². The van der Waals surface area contributed by atoms with Crippen LogP contribution in [0, 0.1) is 5.92 Å². The number of nitrogens with zero attached hydrogens (tertiary/aromatic N) is 2. The topological polar surface area (TPSA) is 59.6 Å². The number of hydrogen-bond donors (Lipinski definition) is 2. The third kappa shape index (κ3) is 2.62. The predicted molar refractivity (Wildman–Crippen MR) is 86.9 cm³/mol. The molecule has 1 fully saturated rings. The highest BCUT2D eigenvalue weighted by atomic mass is 16.3. The van der Waals surface area contributed by atoms with Crippen LogP contribution in [0.25, 0.3) is 10.9 Å². The third-order valence-corrected chi connectivity index (χ3v) is 4.73. The fraction of sp³-hybridized carbons (Fsp3) is 0.471. The van der Waals surface area contributed by atoms with Crippen molar-refractivity contribution in [1.82, 2.24) is 14.8 Å². The average molecular weight is 301 g/mol. The van der Waals surface area contributed by atoms with E-state index in [4.69, 9.17) is 0 Å². The van der Waals surface area contributed by atoms with Crippen LogP contribution in [0.5, 0.6) is 0 Å². The van der Waals surface area contributed by atoms with Crippen LogP contribution in [0.2, 0.25) is 0 Å². The largest absolute Gasteiger partial charge is 0.396 e. The minimum Gasteiger partial charge on any atom is -0.396 e. The predicted octanol–water partition coefficient (Wildman–Crippen LogP) is 1.55. The SMILES string of the molecule is CN(C)[C@@H]1CN(C(=O)c2cccc3[nH]ccc23)CC[C@@H]1CO. The highest BCUT2D eigenvalue weighted by Gasteiger charge is 2.33. The number of benzene rings is 1. The summed E-state index contributed by atoms with van der Waals surface area (Å²) in [5.74, 6) is 0.315. The van der Waals surface area contributed by atoms with Gasteiger partial charge in [0.2, 0.25) is 0 Å². The normalized spacial score (nSPS) is 22.5. The number of carbonyl (C=O) groups excluding carboxylic acids is 1. The van der Waals surface area contributed by atoms with E-state index in [1.807, 2.05) is 49.5 Å². The van der Waals surface area contributed by atoms with E-state index >= 15 is 0 Å². The van der Waals surface area contributed by atoms with Gasteiger partial charge in [0.25, 0.3) is 5.91 Å². The minimum absolute atomic E-state index is 0.0773. The maximum absolute atomic E-state index is 12.9. The number of likely N-dealkylation sites (tertiary alicyclic amines) is 1. The van der Waals surface area contributed by atoms with Crippen LogP contribution in [0.4, 0.5) is 0 Å². The van der Waals surface area contributed by atoms with Crippen molar-refractivity contribution < 1.29 is 9.90 Å². The van der Waals surface area contributed by atoms with Gasteiger partial charge in [-0.1, -0.05) is 6.07 Å². The number of piperidine rings is 1. The van der Waals surface area contributed by atoms with Crippen LogP contribution in [0.3, 0.4) is 0 Å². The summed E-state index contributed by atoms with van der Waals surface area (Å²) < 4.78 is 0. The summed E-state index contributed by atoms with van der Waals surface area (Å²) in [5.41, 5.74) is 1.74. The van der Waals surface area contributed by atoms with Gasteiger partial charge in [-0.05, 0) is 38.7 Å². The number of H-pyrrole nitrogens is 1. The first-order valence-corrected chi connectivity index (χ1v) is 7.74. The molecule has 0 bridgehead atoms. The van der Waals surface area contributed by atoms with Crippen LogP contribution in [0.1, 0.15) is 16.8 Å². The van der Waals surface area contributed by atoms with Gasteiger partial charge in [-0.2, -0.15) is 0 Å². The van der Waals surface area contributed by atoms with E-state index in [-0.39, 0.29) is 24.5 Å². The molecule has 1 saturated heterocycles. The molecule has 0 saturated carbocycles. The summed E-state index contributed by atoms with van der Waals surface area (Å²) in [6.07, 6.45) is 2.70. The number of rotatable bonds is 3. The molecule has 0 spiro atoms. The Bertz CT molecular complexity index is 665. The lowest BCUT2D eigenvalue weighted by Gasteiger charge is -2.41. The van der Waals surface area contributed by atoms with Crippen molar-refractivity contribution in [2.24, 2.45) is 5.92 Å². The van der Waals surface area contributed by atoms with Crippen molar-refractivity contribution >= 4 is 16.8 Å². The Morgan fingerprint density at radius 1 is 1.41 bits per heavy atom. The number of likely N-dealkylation sites (N-methyl/N-ethyl adjacent to an activating group) is 1. The van der Waals surface area contributed by atoms with Crippen molar-refractivity contribution in [1.29, 1.82) is 0 Å². The summed E-state index contributed by atoms with van der Waals surface area (Å²) in [7, 11) is 4.02. The third-order valence-electron chi connectivity index (χ3n) is 4.73. The van der Waals surface area contributed by atoms with E-state index in [0.29, 0.717) is 13.1 Å². The van der Waals surface area contributed by atoms with Crippen LogP contribution in [0.15, 0.2) is 30.5 Å². The van der Waals surface area contributed by atoms with Gasteiger partial charge >= 0.3 is 0 Å². The molecule has 1 aliphatic rings. The quantitative estimate of drug-likeness (QED) is 0.904. The van der Waals surface area contributed by atoms with Crippen molar-refractivity contribution in [2.45, 2.75) is 12.5 Å². The second kappa shape index (κ2) is 6.10. The lowest BCUT2D eigenvalue weighted by atomic mass is 9.91. The molecular weight excluding hydrogens is 278 g/mol. The Morgan fingerprint density at radius 3 is 2.95 bits per heavy atom. The number of amides is 1. The van der Waals surface area contributed by atoms with E-state index in [1.165, 1.54) is 0 Å². The fourth-order valence-corrected chi connectivity index (χ4v) is 3.40. The average Bonchev–Trinajstić information content (AvgIpc) is 3.02. The Labute approximate surface area is 130 Å². The number of aliphatic hydroxyl groups excluding tert-OH is 1. The van der Waals surface area contributed by atoms with E-state index < -0.39 is 0 Å². The molecule has 22 heavy (non-hydrogen) atoms. The number of fused-ring (bicyclic) bond motifs is 1. The second-order valence-electron chi connectivity index (χ2n) is 6.26. The van der Waals surface area contributed by atoms with E-state index in [9.17, 15) is 9.90 Å². The summed E-state index contributed by atoms with van der Waals surface area (Å²) in [6, 6.07) is 7.93. The zero-order chi connectivity index (χ0) is 15.7. The number of carbonyl (C=O) groups is 1. The molecule has 2 aromatic rings. The minimum atomic E-state index is 0.0773. The molecule has 0 aliphatic carbocycles. The first-order valence-electron chi connectivity index (χ1n) is 7.74. The molecule has 118 valence electrons. The van der Waals surface area contributed by atoms with Gasteiger partial charge in [-0.3, -0.25) is 4.79 Å². The molecule has 2 atom stereocenters. The number of aliphatic hydroxyl groups is 1. The van der Waals surface area contributed by atoms with Crippen molar-refractivity contribution in [2.75, 3.05) is 33.8 Å². The van der Waals surface area contributed by atoms with Crippen LogP contribution in [-0.4, -0.2) is 65.6 Å². The van der Waals surface area contributed by atoms with Crippen molar-refractivity contribution in [3.63, 3.8) is 0 Å². The molecule has 5 heteroatoms. The maximum Gasteiger partial charge on any atom is 0.254 e. The molecule has 1 aliphatic heterocycles. The zero-order valence-corrected chi connectivity index (χ0v) is 13.1. The second-order valence-corrected chi connectivity index (χ2v) is 6.26. The Balaban J connectivity index is 1.85. The number of aromatic nitrogens is 1. The molecule has 1 aromatic carbocycles. The molecule has 3 rings (SSSR count). The Morgan fingerprint density at radius 2 is 2.23 bits per heavy atom. The van der Waals surface area contributed by atoms with Crippen LogP contribution < -0.4 is 0 Å². The smallest absolute Gasteiger partial charge is 0.254 e. The first kappa shape index (κ1) is 15.1. The van der Waals surface area contributed by atoms with Crippen molar-refractivity contribution in [3.05, 3.63) is 36.0 Å². The van der Waals surface area contributed by atoms with Gasteiger partial charge in [0, 0.05) is 54.3 Å². The van der Waals surface area contributed by atoms with Gasteiger partial charge in [-0.25, -0.2) is 0 Å². The zero-order valence-electron chi connectivity index (χ0n) is 13.1. The molecule has 0 unspecified atom stereocenters. The highest BCUT2D eigenvalue weighted by molar-refractivity contribution is 6.06. The van der Waals surface area contributed by atoms with Gasteiger partial charge in [0.15, 0.2) is 0 Å². The first-order chi connectivity index (χ1) is 10.6. The summed E-state index contributed by atoms with van der Waals surface area (Å²) in [6.45, 7) is 1.55. The van der Waals surface area contributed by atoms with Gasteiger partial charge in [0.05, 0.1) is 0 Å². The molecule has 0 radical (unpaired) electrons. The Kier molecular flexibility index (Phi) is 4.18. The van der Waals surface area contributed by atoms with Crippen LogP contribution in [-0.2, 0) is 0 Å². The summed E-state index contributed by atoms with van der Waals surface area (Å²) in [5, 5.41) is 10.5. The summed E-state index contributed by atoms with van der Waals surface area (Å²) in [4.78, 5) is 20.1. The van der Waals surface area contributed by atoms with Gasteiger partial charge in [-0.15, -0.1) is 0 Å². The molecule has 1 amide bonds. The number of aromatic amines is 1.